The number of nitrogens with one attached hydrogen (secondary N) is 1. The second-order valence-corrected chi connectivity index (χ2v) is 6.76. The van der Waals surface area contributed by atoms with E-state index in [-0.39, 0.29) is 11.9 Å². The van der Waals surface area contributed by atoms with Gasteiger partial charge in [0.25, 0.3) is 0 Å². The van der Waals surface area contributed by atoms with E-state index in [9.17, 15) is 14.7 Å². The summed E-state index contributed by atoms with van der Waals surface area (Å²) >= 11 is 1.87. The van der Waals surface area contributed by atoms with Crippen molar-refractivity contribution < 1.29 is 14.7 Å². The number of carboxylic acids is 1. The second-order valence-electron chi connectivity index (χ2n) is 5.25. The van der Waals surface area contributed by atoms with Crippen LogP contribution in [0.3, 0.4) is 0 Å². The number of hydrogen-bond acceptors (Lipinski definition) is 3. The van der Waals surface area contributed by atoms with E-state index in [0.29, 0.717) is 18.1 Å². The van der Waals surface area contributed by atoms with Gasteiger partial charge in [-0.1, -0.05) is 19.8 Å². The third-order valence-corrected chi connectivity index (χ3v) is 5.53. The van der Waals surface area contributed by atoms with Crippen LogP contribution < -0.4 is 5.32 Å². The molecule has 0 aromatic rings. The molecule has 1 amide bonds. The third kappa shape index (κ3) is 2.37. The van der Waals surface area contributed by atoms with Crippen molar-refractivity contribution in [2.75, 3.05) is 5.75 Å². The molecule has 0 spiro atoms. The van der Waals surface area contributed by atoms with Crippen molar-refractivity contribution in [3.63, 3.8) is 0 Å². The highest BCUT2D eigenvalue weighted by atomic mass is 32.2. The summed E-state index contributed by atoms with van der Waals surface area (Å²) in [5, 5.41) is 12.7. The van der Waals surface area contributed by atoms with E-state index >= 15 is 0 Å². The quantitative estimate of drug-likeness (QED) is 0.751. The molecule has 0 aromatic carbocycles. The summed E-state index contributed by atoms with van der Waals surface area (Å²) in [7, 11) is 0. The first kappa shape index (κ1) is 13.7. The fourth-order valence-electron chi connectivity index (χ4n) is 2.88. The zero-order valence-corrected chi connectivity index (χ0v) is 11.6. The Hall–Kier alpha value is -0.710. The van der Waals surface area contributed by atoms with Gasteiger partial charge in [0.05, 0.1) is 0 Å². The van der Waals surface area contributed by atoms with Crippen LogP contribution in [0.2, 0.25) is 0 Å². The zero-order chi connectivity index (χ0) is 13.2. The molecule has 102 valence electrons. The average molecular weight is 271 g/mol. The molecular weight excluding hydrogens is 250 g/mol. The minimum absolute atomic E-state index is 0.166. The predicted molar refractivity (Wildman–Crippen MR) is 71.6 cm³/mol. The molecule has 4 nitrogen and oxygen atoms in total. The van der Waals surface area contributed by atoms with Gasteiger partial charge in [-0.3, -0.25) is 9.59 Å². The molecule has 2 atom stereocenters. The summed E-state index contributed by atoms with van der Waals surface area (Å²) in [4.78, 5) is 23.5. The largest absolute Gasteiger partial charge is 0.480 e. The molecule has 5 heteroatoms. The Morgan fingerprint density at radius 1 is 1.33 bits per heavy atom. The van der Waals surface area contributed by atoms with Gasteiger partial charge in [-0.25, -0.2) is 0 Å². The standard InChI is InChI=1S/C13H21NO3S/c1-2-18-10-6-3-5-9(10)14-11(15)13(12(16)17)7-4-8-13/h9-10H,2-8H2,1H3,(H,14,15)(H,16,17). The number of rotatable bonds is 5. The fraction of sp³-hybridized carbons (Fsp3) is 0.846. The van der Waals surface area contributed by atoms with Crippen LogP contribution >= 0.6 is 11.8 Å². The van der Waals surface area contributed by atoms with Gasteiger partial charge in [0, 0.05) is 11.3 Å². The first-order valence-electron chi connectivity index (χ1n) is 6.76. The molecule has 2 fully saturated rings. The zero-order valence-electron chi connectivity index (χ0n) is 10.8. The molecule has 2 aliphatic rings. The highest BCUT2D eigenvalue weighted by Gasteiger charge is 2.52. The summed E-state index contributed by atoms with van der Waals surface area (Å²) < 4.78 is 0. The Kier molecular flexibility index (Phi) is 4.20. The van der Waals surface area contributed by atoms with Crippen molar-refractivity contribution in [2.45, 2.75) is 56.7 Å². The van der Waals surface area contributed by atoms with Gasteiger partial charge in [-0.05, 0) is 31.4 Å². The number of carbonyl (C=O) groups is 2. The number of aliphatic carboxylic acids is 1. The van der Waals surface area contributed by atoms with Crippen LogP contribution in [0, 0.1) is 5.41 Å². The van der Waals surface area contributed by atoms with Crippen molar-refractivity contribution in [1.82, 2.24) is 5.32 Å². The summed E-state index contributed by atoms with van der Waals surface area (Å²) in [6.07, 6.45) is 5.07. The van der Waals surface area contributed by atoms with Crippen molar-refractivity contribution in [3.05, 3.63) is 0 Å². The van der Waals surface area contributed by atoms with Gasteiger partial charge in [0.15, 0.2) is 0 Å². The van der Waals surface area contributed by atoms with Gasteiger partial charge in [-0.2, -0.15) is 11.8 Å². The highest BCUT2D eigenvalue weighted by molar-refractivity contribution is 7.99. The summed E-state index contributed by atoms with van der Waals surface area (Å²) in [6, 6.07) is 0.166. The van der Waals surface area contributed by atoms with Crippen LogP contribution in [-0.4, -0.2) is 34.0 Å². The molecule has 0 aliphatic heterocycles. The molecule has 0 aromatic heterocycles. The fourth-order valence-corrected chi connectivity index (χ4v) is 4.08. The van der Waals surface area contributed by atoms with Crippen LogP contribution in [0.15, 0.2) is 0 Å². The topological polar surface area (TPSA) is 66.4 Å². The van der Waals surface area contributed by atoms with E-state index < -0.39 is 11.4 Å². The second kappa shape index (κ2) is 5.51. The lowest BCUT2D eigenvalue weighted by Gasteiger charge is -2.37. The van der Waals surface area contributed by atoms with E-state index in [1.165, 1.54) is 0 Å². The monoisotopic (exact) mass is 271 g/mol. The molecule has 18 heavy (non-hydrogen) atoms. The molecular formula is C13H21NO3S. The van der Waals surface area contributed by atoms with Crippen LogP contribution in [0.25, 0.3) is 0 Å². The number of hydrogen-bond donors (Lipinski definition) is 2. The molecule has 2 N–H and O–H groups in total. The lowest BCUT2D eigenvalue weighted by molar-refractivity contribution is -0.162. The maximum atomic E-state index is 12.2. The van der Waals surface area contributed by atoms with Gasteiger partial charge < -0.3 is 10.4 Å². The smallest absolute Gasteiger partial charge is 0.319 e. The first-order valence-corrected chi connectivity index (χ1v) is 7.81. The molecule has 0 radical (unpaired) electrons. The number of carboxylic acid groups (broad SMARTS) is 1. The Labute approximate surface area is 112 Å². The van der Waals surface area contributed by atoms with Crippen molar-refractivity contribution in [2.24, 2.45) is 5.41 Å². The van der Waals surface area contributed by atoms with E-state index in [1.54, 1.807) is 0 Å². The number of carbonyl (C=O) groups excluding carboxylic acids is 1. The summed E-state index contributed by atoms with van der Waals surface area (Å²) in [5.41, 5.74) is -1.12. The SMILES string of the molecule is CCSC1CCCC1NC(=O)C1(C(=O)O)CCC1. The maximum Gasteiger partial charge on any atom is 0.319 e. The van der Waals surface area contributed by atoms with Crippen molar-refractivity contribution >= 4 is 23.6 Å². The summed E-state index contributed by atoms with van der Waals surface area (Å²) in [5.74, 6) is -0.167. The minimum atomic E-state index is -1.12. The van der Waals surface area contributed by atoms with Crippen LogP contribution in [0.5, 0.6) is 0 Å². The van der Waals surface area contributed by atoms with E-state index in [2.05, 4.69) is 12.2 Å². The average Bonchev–Trinajstić information content (AvgIpc) is 2.64. The molecule has 2 unspecified atom stereocenters. The van der Waals surface area contributed by atoms with Crippen LogP contribution in [0.4, 0.5) is 0 Å². The van der Waals surface area contributed by atoms with E-state index in [0.717, 1.165) is 31.4 Å². The molecule has 2 rings (SSSR count). The molecule has 2 aliphatic carbocycles. The first-order chi connectivity index (χ1) is 8.60. The van der Waals surface area contributed by atoms with Gasteiger partial charge in [-0.15, -0.1) is 0 Å². The van der Waals surface area contributed by atoms with E-state index in [1.807, 2.05) is 11.8 Å². The Bertz CT molecular complexity index is 341. The number of amides is 1. The van der Waals surface area contributed by atoms with Gasteiger partial charge in [0.2, 0.25) is 5.91 Å². The predicted octanol–water partition coefficient (Wildman–Crippen LogP) is 2.03. The van der Waals surface area contributed by atoms with E-state index in [4.69, 9.17) is 0 Å². The molecule has 0 saturated heterocycles. The molecule has 0 heterocycles. The van der Waals surface area contributed by atoms with Gasteiger partial charge in [0.1, 0.15) is 5.41 Å². The van der Waals surface area contributed by atoms with Crippen LogP contribution in [0.1, 0.15) is 45.4 Å². The van der Waals surface area contributed by atoms with Crippen molar-refractivity contribution in [1.29, 1.82) is 0 Å². The number of thioether (sulfide) groups is 1. The van der Waals surface area contributed by atoms with Crippen molar-refractivity contribution in [3.8, 4) is 0 Å². The normalized spacial score (nSPS) is 29.6. The third-order valence-electron chi connectivity index (χ3n) is 4.20. The van der Waals surface area contributed by atoms with Gasteiger partial charge >= 0.3 is 5.97 Å². The summed E-state index contributed by atoms with van der Waals surface area (Å²) in [6.45, 7) is 2.12. The Morgan fingerprint density at radius 2 is 2.06 bits per heavy atom. The Balaban J connectivity index is 1.96. The molecule has 2 saturated carbocycles. The minimum Gasteiger partial charge on any atom is -0.480 e. The maximum absolute atomic E-state index is 12.2. The lowest BCUT2D eigenvalue weighted by Crippen LogP contribution is -2.54. The highest BCUT2D eigenvalue weighted by Crippen LogP contribution is 2.42. The molecule has 0 bridgehead atoms. The Morgan fingerprint density at radius 3 is 2.56 bits per heavy atom. The lowest BCUT2D eigenvalue weighted by atomic mass is 9.68. The van der Waals surface area contributed by atoms with Crippen LogP contribution in [-0.2, 0) is 9.59 Å².